The molecule has 0 saturated carbocycles. The lowest BCUT2D eigenvalue weighted by Crippen LogP contribution is -2.51. The third kappa shape index (κ3) is 3.32. The van der Waals surface area contributed by atoms with Crippen LogP contribution < -0.4 is 9.64 Å². The van der Waals surface area contributed by atoms with Crippen molar-refractivity contribution < 1.29 is 29.3 Å². The minimum Gasteiger partial charge on any atom is -0.504 e. The Morgan fingerprint density at radius 2 is 1.69 bits per heavy atom. The Morgan fingerprint density at radius 1 is 1.03 bits per heavy atom. The van der Waals surface area contributed by atoms with E-state index in [9.17, 15) is 19.8 Å². The number of phenols is 1. The van der Waals surface area contributed by atoms with E-state index >= 15 is 0 Å². The van der Waals surface area contributed by atoms with Gasteiger partial charge in [-0.1, -0.05) is 48.5 Å². The highest BCUT2D eigenvalue weighted by molar-refractivity contribution is 6.06. The van der Waals surface area contributed by atoms with E-state index in [1.807, 2.05) is 36.4 Å². The molecule has 36 heavy (non-hydrogen) atoms. The van der Waals surface area contributed by atoms with Crippen LogP contribution in [0.4, 0.5) is 10.5 Å². The van der Waals surface area contributed by atoms with Gasteiger partial charge in [-0.2, -0.15) is 0 Å². The van der Waals surface area contributed by atoms with Crippen molar-refractivity contribution in [2.24, 2.45) is 0 Å². The van der Waals surface area contributed by atoms with E-state index in [1.54, 1.807) is 4.90 Å². The van der Waals surface area contributed by atoms with Crippen LogP contribution in [-0.2, 0) is 4.74 Å². The molecule has 2 N–H and O–H groups in total. The van der Waals surface area contributed by atoms with E-state index < -0.39 is 18.4 Å². The molecule has 8 heteroatoms. The molecule has 0 bridgehead atoms. The monoisotopic (exact) mass is 486 g/mol. The minimum absolute atomic E-state index is 0.0654. The third-order valence-corrected chi connectivity index (χ3v) is 7.49. The molecule has 6 rings (SSSR count). The smallest absolute Gasteiger partial charge is 0.416 e. The third-order valence-electron chi connectivity index (χ3n) is 7.49. The fourth-order valence-electron chi connectivity index (χ4n) is 5.79. The lowest BCUT2D eigenvalue weighted by atomic mass is 9.98. The lowest BCUT2D eigenvalue weighted by molar-refractivity contribution is 0.0488. The predicted molar refractivity (Wildman–Crippen MR) is 132 cm³/mol. The maximum atomic E-state index is 13.6. The number of amides is 2. The van der Waals surface area contributed by atoms with E-state index in [1.165, 1.54) is 19.2 Å². The summed E-state index contributed by atoms with van der Waals surface area (Å²) in [5.74, 6) is -0.603. The maximum absolute atomic E-state index is 13.6. The number of phenolic OH excluding ortho intramolecular Hbond substituents is 1. The lowest BCUT2D eigenvalue weighted by Gasteiger charge is -2.32. The summed E-state index contributed by atoms with van der Waals surface area (Å²) < 4.78 is 11.0. The number of anilines is 1. The van der Waals surface area contributed by atoms with Crippen molar-refractivity contribution in [1.29, 1.82) is 0 Å². The molecule has 0 spiro atoms. The topological polar surface area (TPSA) is 99.5 Å². The van der Waals surface area contributed by atoms with Crippen LogP contribution in [0.1, 0.15) is 40.2 Å². The first-order chi connectivity index (χ1) is 17.5. The van der Waals surface area contributed by atoms with Gasteiger partial charge in [-0.15, -0.1) is 0 Å². The summed E-state index contributed by atoms with van der Waals surface area (Å²) in [6, 6.07) is 18.2. The van der Waals surface area contributed by atoms with Crippen LogP contribution in [-0.4, -0.2) is 59.6 Å². The van der Waals surface area contributed by atoms with Gasteiger partial charge in [-0.05, 0) is 41.2 Å². The predicted octanol–water partition coefficient (Wildman–Crippen LogP) is 4.09. The van der Waals surface area contributed by atoms with Gasteiger partial charge in [-0.25, -0.2) is 9.69 Å². The number of carbonyl (C=O) groups is 2. The first kappa shape index (κ1) is 22.4. The molecule has 0 radical (unpaired) electrons. The fraction of sp³-hybridized carbons (Fsp3) is 0.286. The highest BCUT2D eigenvalue weighted by Gasteiger charge is 2.45. The molecule has 0 aromatic heterocycles. The minimum atomic E-state index is -1.32. The summed E-state index contributed by atoms with van der Waals surface area (Å²) in [5.41, 5.74) is 4.63. The fourth-order valence-corrected chi connectivity index (χ4v) is 5.79. The zero-order chi connectivity index (χ0) is 25.0. The average molecular weight is 487 g/mol. The number of ether oxygens (including phenoxy) is 2. The first-order valence-electron chi connectivity index (χ1n) is 12.0. The Morgan fingerprint density at radius 3 is 2.36 bits per heavy atom. The summed E-state index contributed by atoms with van der Waals surface area (Å²) >= 11 is 0. The van der Waals surface area contributed by atoms with Crippen molar-refractivity contribution >= 4 is 17.7 Å². The molecule has 1 fully saturated rings. The van der Waals surface area contributed by atoms with E-state index in [4.69, 9.17) is 9.47 Å². The van der Waals surface area contributed by atoms with Crippen molar-refractivity contribution in [2.75, 3.05) is 25.2 Å². The van der Waals surface area contributed by atoms with Crippen LogP contribution in [0.5, 0.6) is 11.5 Å². The number of hydrogen-bond acceptors (Lipinski definition) is 6. The number of aromatic hydroxyl groups is 1. The van der Waals surface area contributed by atoms with Gasteiger partial charge in [0, 0.05) is 18.5 Å². The molecule has 3 aliphatic rings. The van der Waals surface area contributed by atoms with E-state index in [-0.39, 0.29) is 41.2 Å². The molecule has 3 aromatic rings. The van der Waals surface area contributed by atoms with Crippen molar-refractivity contribution in [3.8, 4) is 22.6 Å². The van der Waals surface area contributed by atoms with Crippen LogP contribution in [0.25, 0.3) is 11.1 Å². The molecule has 2 amide bonds. The van der Waals surface area contributed by atoms with Gasteiger partial charge in [0.25, 0.3) is 5.91 Å². The molecule has 2 aliphatic heterocycles. The van der Waals surface area contributed by atoms with Gasteiger partial charge in [-0.3, -0.25) is 4.79 Å². The summed E-state index contributed by atoms with van der Waals surface area (Å²) in [4.78, 5) is 29.6. The highest BCUT2D eigenvalue weighted by atomic mass is 16.6. The van der Waals surface area contributed by atoms with E-state index in [0.29, 0.717) is 13.0 Å². The Labute approximate surface area is 208 Å². The van der Waals surface area contributed by atoms with Gasteiger partial charge in [0.15, 0.2) is 17.7 Å². The number of aliphatic hydroxyl groups is 1. The van der Waals surface area contributed by atoms with Crippen molar-refractivity contribution in [1.82, 2.24) is 4.90 Å². The molecule has 184 valence electrons. The van der Waals surface area contributed by atoms with Crippen molar-refractivity contribution in [3.63, 3.8) is 0 Å². The zero-order valence-corrected chi connectivity index (χ0v) is 19.8. The maximum Gasteiger partial charge on any atom is 0.416 e. The molecule has 8 nitrogen and oxygen atoms in total. The average Bonchev–Trinajstić information content (AvgIpc) is 3.49. The molecular weight excluding hydrogens is 460 g/mol. The normalized spacial score (nSPS) is 20.3. The van der Waals surface area contributed by atoms with Gasteiger partial charge < -0.3 is 24.6 Å². The number of rotatable bonds is 3. The summed E-state index contributed by atoms with van der Waals surface area (Å²) in [6.07, 6.45) is -0.828. The second kappa shape index (κ2) is 8.57. The van der Waals surface area contributed by atoms with Crippen molar-refractivity contribution in [2.45, 2.75) is 31.0 Å². The van der Waals surface area contributed by atoms with Crippen molar-refractivity contribution in [3.05, 3.63) is 77.4 Å². The number of hydrogen-bond donors (Lipinski definition) is 2. The molecule has 1 saturated heterocycles. The van der Waals surface area contributed by atoms with Gasteiger partial charge in [0.05, 0.1) is 24.4 Å². The summed E-state index contributed by atoms with van der Waals surface area (Å²) in [6.45, 7) is 0.539. The molecule has 2 heterocycles. The number of nitrogens with zero attached hydrogens (tertiary/aromatic N) is 2. The molecule has 3 aromatic carbocycles. The molecule has 2 atom stereocenters. The molecule has 1 aliphatic carbocycles. The number of methoxy groups -OCH3 is 1. The van der Waals surface area contributed by atoms with Crippen LogP contribution >= 0.6 is 0 Å². The second-order valence-electron chi connectivity index (χ2n) is 9.34. The van der Waals surface area contributed by atoms with Gasteiger partial charge >= 0.3 is 6.09 Å². The van der Waals surface area contributed by atoms with Crippen LogP contribution in [0.3, 0.4) is 0 Å². The highest BCUT2D eigenvalue weighted by Crippen LogP contribution is 2.45. The van der Waals surface area contributed by atoms with E-state index in [0.717, 1.165) is 33.6 Å². The standard InChI is InChI=1S/C28H26N2O6/c1-35-25-13-20-23(14-24(25)31)30(27(33)22-11-6-12-29(22)26(20)32)28(34)36-15-21-18-9-4-2-7-16(18)17-8-3-5-10-19(17)21/h2-5,7-10,13-14,21-22,27,31,33H,6,11-12,15H2,1H3/t22?,27-/m0/s1. The second-order valence-corrected chi connectivity index (χ2v) is 9.34. The number of fused-ring (bicyclic) bond motifs is 5. The largest absolute Gasteiger partial charge is 0.504 e. The van der Waals surface area contributed by atoms with Crippen LogP contribution in [0.2, 0.25) is 0 Å². The Kier molecular flexibility index (Phi) is 5.34. The Balaban J connectivity index is 1.35. The Bertz CT molecular complexity index is 1330. The number of benzene rings is 3. The zero-order valence-electron chi connectivity index (χ0n) is 19.8. The first-order valence-corrected chi connectivity index (χ1v) is 12.0. The van der Waals surface area contributed by atoms with E-state index in [2.05, 4.69) is 12.1 Å². The summed E-state index contributed by atoms with van der Waals surface area (Å²) in [7, 11) is 1.39. The molecule has 1 unspecified atom stereocenters. The quantitative estimate of drug-likeness (QED) is 0.579. The molecular formula is C28H26N2O6. The Hall–Kier alpha value is -4.04. The van der Waals surface area contributed by atoms with Gasteiger partial charge in [0.2, 0.25) is 0 Å². The number of carbonyl (C=O) groups excluding carboxylic acids is 2. The van der Waals surface area contributed by atoms with Crippen LogP contribution in [0.15, 0.2) is 60.7 Å². The summed E-state index contributed by atoms with van der Waals surface area (Å²) in [5, 5.41) is 21.7. The number of aliphatic hydroxyl groups excluding tert-OH is 1. The van der Waals surface area contributed by atoms with Gasteiger partial charge in [0.1, 0.15) is 6.61 Å². The van der Waals surface area contributed by atoms with Crippen LogP contribution in [0, 0.1) is 0 Å². The SMILES string of the molecule is COc1cc2c(cc1O)N(C(=O)OCC1c3ccccc3-c3ccccc31)[C@@H](O)C1CCCN1C2=O.